The number of benzene rings is 1. The number of esters is 1. The maximum atomic E-state index is 12.9. The Balaban J connectivity index is 1.91. The Morgan fingerprint density at radius 1 is 1.41 bits per heavy atom. The van der Waals surface area contributed by atoms with Crippen molar-refractivity contribution in [1.29, 1.82) is 0 Å². The number of halogens is 2. The number of allylic oxidation sites excluding steroid dienone is 2. The van der Waals surface area contributed by atoms with E-state index in [1.54, 1.807) is 0 Å². The summed E-state index contributed by atoms with van der Waals surface area (Å²) in [6.45, 7) is 1.49. The summed E-state index contributed by atoms with van der Waals surface area (Å²) in [5, 5.41) is 2.60. The number of anilines is 1. The molecule has 0 fully saturated rings. The van der Waals surface area contributed by atoms with Gasteiger partial charge in [0.05, 0.1) is 16.6 Å². The van der Waals surface area contributed by atoms with Gasteiger partial charge in [-0.1, -0.05) is 23.8 Å². The van der Waals surface area contributed by atoms with Crippen molar-refractivity contribution in [3.05, 3.63) is 41.2 Å². The molecule has 1 aliphatic carbocycles. The third-order valence-corrected chi connectivity index (χ3v) is 3.77. The van der Waals surface area contributed by atoms with Crippen LogP contribution in [0.2, 0.25) is 5.02 Å². The van der Waals surface area contributed by atoms with E-state index in [0.29, 0.717) is 6.42 Å². The summed E-state index contributed by atoms with van der Waals surface area (Å²) in [6.07, 6.45) is 5.23. The molecule has 1 aliphatic rings. The normalized spacial score (nSPS) is 18.6. The molecular weight excluding hydrogens is 309 g/mol. The van der Waals surface area contributed by atoms with Crippen molar-refractivity contribution in [3.8, 4) is 0 Å². The number of hydrogen-bond acceptors (Lipinski definition) is 3. The zero-order chi connectivity index (χ0) is 16.1. The van der Waals surface area contributed by atoms with E-state index in [1.807, 2.05) is 12.2 Å². The molecule has 0 bridgehead atoms. The number of amides is 1. The third kappa shape index (κ3) is 4.31. The monoisotopic (exact) mass is 325 g/mol. The fourth-order valence-corrected chi connectivity index (χ4v) is 2.37. The summed E-state index contributed by atoms with van der Waals surface area (Å²) in [5.41, 5.74) is 0.275. The van der Waals surface area contributed by atoms with E-state index in [1.165, 1.54) is 19.1 Å². The van der Waals surface area contributed by atoms with Crippen LogP contribution in [-0.4, -0.2) is 18.0 Å². The van der Waals surface area contributed by atoms with Gasteiger partial charge in [-0.25, -0.2) is 4.39 Å². The molecule has 4 nitrogen and oxygen atoms in total. The van der Waals surface area contributed by atoms with Gasteiger partial charge in [0.2, 0.25) is 0 Å². The average molecular weight is 326 g/mol. The molecule has 0 aliphatic heterocycles. The lowest BCUT2D eigenvalue weighted by atomic mass is 9.95. The van der Waals surface area contributed by atoms with Crippen molar-refractivity contribution in [3.63, 3.8) is 0 Å². The average Bonchev–Trinajstić information content (AvgIpc) is 2.50. The fourth-order valence-electron chi connectivity index (χ4n) is 2.16. The first-order valence-electron chi connectivity index (χ1n) is 7.09. The van der Waals surface area contributed by atoms with Gasteiger partial charge in [0.1, 0.15) is 5.82 Å². The minimum atomic E-state index is -0.945. The van der Waals surface area contributed by atoms with Gasteiger partial charge >= 0.3 is 5.97 Å². The van der Waals surface area contributed by atoms with E-state index < -0.39 is 17.8 Å². The number of nitrogens with one attached hydrogen (secondary N) is 1. The second-order valence-corrected chi connectivity index (χ2v) is 5.58. The lowest BCUT2D eigenvalue weighted by Crippen LogP contribution is -2.32. The highest BCUT2D eigenvalue weighted by molar-refractivity contribution is 6.33. The van der Waals surface area contributed by atoms with Crippen LogP contribution in [0.4, 0.5) is 10.1 Å². The van der Waals surface area contributed by atoms with Crippen LogP contribution in [0.3, 0.4) is 0 Å². The summed E-state index contributed by atoms with van der Waals surface area (Å²) >= 11 is 5.84. The van der Waals surface area contributed by atoms with Crippen LogP contribution in [0.5, 0.6) is 0 Å². The Kier molecular flexibility index (Phi) is 5.55. The number of carbonyl (C=O) groups is 2. The van der Waals surface area contributed by atoms with Gasteiger partial charge in [-0.3, -0.25) is 9.59 Å². The Bertz CT molecular complexity index is 603. The molecule has 118 valence electrons. The molecule has 1 N–H and O–H groups in total. The zero-order valence-electron chi connectivity index (χ0n) is 12.1. The predicted molar refractivity (Wildman–Crippen MR) is 82.1 cm³/mol. The SMILES string of the molecule is C[C@H](OC(=O)[C@H]1CC=CCC1)C(=O)Nc1ccc(F)cc1Cl. The molecule has 1 amide bonds. The van der Waals surface area contributed by atoms with Gasteiger partial charge in [0.25, 0.3) is 5.91 Å². The van der Waals surface area contributed by atoms with Crippen LogP contribution in [-0.2, 0) is 14.3 Å². The highest BCUT2D eigenvalue weighted by Crippen LogP contribution is 2.23. The van der Waals surface area contributed by atoms with Crippen LogP contribution >= 0.6 is 11.6 Å². The summed E-state index contributed by atoms with van der Waals surface area (Å²) in [6, 6.07) is 3.64. The highest BCUT2D eigenvalue weighted by Gasteiger charge is 2.25. The van der Waals surface area contributed by atoms with Gasteiger partial charge in [0.15, 0.2) is 6.10 Å². The molecule has 0 unspecified atom stereocenters. The van der Waals surface area contributed by atoms with Crippen molar-refractivity contribution in [2.75, 3.05) is 5.32 Å². The Hall–Kier alpha value is -1.88. The minimum absolute atomic E-state index is 0.0873. The van der Waals surface area contributed by atoms with Crippen LogP contribution in [0.25, 0.3) is 0 Å². The van der Waals surface area contributed by atoms with Crippen LogP contribution in [0.15, 0.2) is 30.4 Å². The largest absolute Gasteiger partial charge is 0.452 e. The second-order valence-electron chi connectivity index (χ2n) is 5.17. The maximum absolute atomic E-state index is 12.9. The fraction of sp³-hybridized carbons (Fsp3) is 0.375. The topological polar surface area (TPSA) is 55.4 Å². The summed E-state index contributed by atoms with van der Waals surface area (Å²) in [5.74, 6) is -1.58. The van der Waals surface area contributed by atoms with Gasteiger partial charge < -0.3 is 10.1 Å². The van der Waals surface area contributed by atoms with Gasteiger partial charge in [0, 0.05) is 0 Å². The minimum Gasteiger partial charge on any atom is -0.452 e. The molecule has 0 aromatic heterocycles. The number of hydrogen-bond donors (Lipinski definition) is 1. The molecule has 0 radical (unpaired) electrons. The predicted octanol–water partition coefficient (Wildman–Crippen LogP) is 3.71. The molecule has 0 saturated carbocycles. The van der Waals surface area contributed by atoms with E-state index in [4.69, 9.17) is 16.3 Å². The zero-order valence-corrected chi connectivity index (χ0v) is 12.9. The summed E-state index contributed by atoms with van der Waals surface area (Å²) in [4.78, 5) is 24.0. The van der Waals surface area contributed by atoms with Crippen molar-refractivity contribution in [1.82, 2.24) is 0 Å². The molecule has 1 aromatic carbocycles. The van der Waals surface area contributed by atoms with E-state index in [9.17, 15) is 14.0 Å². The van der Waals surface area contributed by atoms with Crippen LogP contribution < -0.4 is 5.32 Å². The molecule has 22 heavy (non-hydrogen) atoms. The molecule has 1 aromatic rings. The van der Waals surface area contributed by atoms with Crippen molar-refractivity contribution in [2.45, 2.75) is 32.3 Å². The van der Waals surface area contributed by atoms with E-state index in [2.05, 4.69) is 5.32 Å². The van der Waals surface area contributed by atoms with E-state index in [-0.39, 0.29) is 22.6 Å². The number of carbonyl (C=O) groups excluding carboxylic acids is 2. The molecule has 2 atom stereocenters. The first kappa shape index (κ1) is 16.5. The summed E-state index contributed by atoms with van der Waals surface area (Å²) in [7, 11) is 0. The second kappa shape index (κ2) is 7.40. The van der Waals surface area contributed by atoms with Crippen molar-refractivity contribution in [2.24, 2.45) is 5.92 Å². The van der Waals surface area contributed by atoms with Crippen molar-refractivity contribution < 1.29 is 18.7 Å². The third-order valence-electron chi connectivity index (χ3n) is 3.45. The Morgan fingerprint density at radius 3 is 2.82 bits per heavy atom. The molecule has 0 saturated heterocycles. The lowest BCUT2D eigenvalue weighted by molar-refractivity contribution is -0.157. The van der Waals surface area contributed by atoms with Crippen molar-refractivity contribution >= 4 is 29.2 Å². The maximum Gasteiger partial charge on any atom is 0.310 e. The lowest BCUT2D eigenvalue weighted by Gasteiger charge is -2.19. The molecule has 6 heteroatoms. The standard InChI is InChI=1S/C16H17ClFNO3/c1-10(22-16(21)11-5-3-2-4-6-11)15(20)19-14-8-7-12(18)9-13(14)17/h2-3,7-11H,4-6H2,1H3,(H,19,20)/t10-,11-/m0/s1. The molecular formula is C16H17ClFNO3. The Morgan fingerprint density at radius 2 is 2.18 bits per heavy atom. The quantitative estimate of drug-likeness (QED) is 0.678. The molecule has 0 heterocycles. The first-order valence-corrected chi connectivity index (χ1v) is 7.46. The van der Waals surface area contributed by atoms with Gasteiger partial charge in [-0.2, -0.15) is 0 Å². The molecule has 0 spiro atoms. The smallest absolute Gasteiger partial charge is 0.310 e. The summed E-state index contributed by atoms with van der Waals surface area (Å²) < 4.78 is 18.1. The highest BCUT2D eigenvalue weighted by atomic mass is 35.5. The van der Waals surface area contributed by atoms with Crippen LogP contribution in [0.1, 0.15) is 26.2 Å². The number of rotatable bonds is 4. The number of ether oxygens (including phenoxy) is 1. The van der Waals surface area contributed by atoms with E-state index in [0.717, 1.165) is 18.9 Å². The van der Waals surface area contributed by atoms with Gasteiger partial charge in [-0.05, 0) is 44.4 Å². The van der Waals surface area contributed by atoms with Gasteiger partial charge in [-0.15, -0.1) is 0 Å². The Labute approximate surface area is 133 Å². The van der Waals surface area contributed by atoms with E-state index >= 15 is 0 Å². The first-order chi connectivity index (χ1) is 10.5. The molecule has 2 rings (SSSR count). The van der Waals surface area contributed by atoms with Crippen LogP contribution in [0, 0.1) is 11.7 Å².